The van der Waals surface area contributed by atoms with E-state index < -0.39 is 16.0 Å². The van der Waals surface area contributed by atoms with Gasteiger partial charge in [0.05, 0.1) is 17.6 Å². The normalized spacial score (nSPS) is 11.0. The largest absolute Gasteiger partial charge is 0.465 e. The third-order valence-electron chi connectivity index (χ3n) is 2.91. The Morgan fingerprint density at radius 3 is 2.41 bits per heavy atom. The zero-order chi connectivity index (χ0) is 16.2. The van der Waals surface area contributed by atoms with Gasteiger partial charge < -0.3 is 4.74 Å². The van der Waals surface area contributed by atoms with Gasteiger partial charge in [-0.25, -0.2) is 13.2 Å². The summed E-state index contributed by atoms with van der Waals surface area (Å²) in [5, 5.41) is 0. The van der Waals surface area contributed by atoms with Gasteiger partial charge in [0.1, 0.15) is 0 Å². The van der Waals surface area contributed by atoms with Gasteiger partial charge in [0.2, 0.25) is 0 Å². The zero-order valence-electron chi connectivity index (χ0n) is 12.1. The van der Waals surface area contributed by atoms with Crippen molar-refractivity contribution in [3.63, 3.8) is 0 Å². The molecule has 0 aliphatic carbocycles. The molecule has 0 saturated carbocycles. The molecule has 0 bridgehead atoms. The van der Waals surface area contributed by atoms with Crippen LogP contribution in [0.25, 0.3) is 0 Å². The predicted octanol–water partition coefficient (Wildman–Crippen LogP) is 3.00. The van der Waals surface area contributed by atoms with Crippen molar-refractivity contribution < 1.29 is 17.9 Å². The van der Waals surface area contributed by atoms with Crippen molar-refractivity contribution in [3.05, 3.63) is 54.1 Å². The molecule has 2 aromatic carbocycles. The molecule has 0 aromatic heterocycles. The molecule has 0 atom stereocenters. The van der Waals surface area contributed by atoms with E-state index in [0.29, 0.717) is 5.69 Å². The third kappa shape index (κ3) is 3.80. The number of hydrogen-bond acceptors (Lipinski definition) is 5. The van der Waals surface area contributed by atoms with Crippen LogP contribution in [0.15, 0.2) is 58.3 Å². The lowest BCUT2D eigenvalue weighted by Gasteiger charge is -2.09. The second-order valence-electron chi connectivity index (χ2n) is 4.35. The lowest BCUT2D eigenvalue weighted by Crippen LogP contribution is -2.13. The van der Waals surface area contributed by atoms with Crippen molar-refractivity contribution in [1.29, 1.82) is 0 Å². The minimum atomic E-state index is -3.70. The molecule has 7 heteroatoms. The summed E-state index contributed by atoms with van der Waals surface area (Å²) in [4.78, 5) is 12.6. The first-order valence-corrected chi connectivity index (χ1v) is 9.02. The number of carbonyl (C=O) groups excluding carboxylic acids is 1. The van der Waals surface area contributed by atoms with Gasteiger partial charge in [-0.15, -0.1) is 11.8 Å². The van der Waals surface area contributed by atoms with Gasteiger partial charge in [-0.1, -0.05) is 6.07 Å². The molecule has 5 nitrogen and oxygen atoms in total. The molecule has 0 spiro atoms. The highest BCUT2D eigenvalue weighted by Gasteiger charge is 2.15. The Hall–Kier alpha value is -1.99. The highest BCUT2D eigenvalue weighted by Crippen LogP contribution is 2.20. The van der Waals surface area contributed by atoms with Crippen molar-refractivity contribution in [2.45, 2.75) is 9.79 Å². The summed E-state index contributed by atoms with van der Waals surface area (Å²) in [6, 6.07) is 12.7. The molecule has 0 fully saturated rings. The number of methoxy groups -OCH3 is 1. The van der Waals surface area contributed by atoms with Crippen molar-refractivity contribution in [2.75, 3.05) is 18.1 Å². The minimum absolute atomic E-state index is 0.161. The van der Waals surface area contributed by atoms with Crippen molar-refractivity contribution in [1.82, 2.24) is 0 Å². The molecule has 0 aliphatic heterocycles. The number of carbonyl (C=O) groups is 1. The highest BCUT2D eigenvalue weighted by atomic mass is 32.2. The van der Waals surface area contributed by atoms with Crippen molar-refractivity contribution in [3.8, 4) is 0 Å². The number of ether oxygens (including phenoxy) is 1. The summed E-state index contributed by atoms with van der Waals surface area (Å²) >= 11 is 1.53. The SMILES string of the molecule is COC(=O)c1cccc(NS(=O)(=O)c2ccc(SC)cc2)c1. The van der Waals surface area contributed by atoms with Crippen LogP contribution < -0.4 is 4.72 Å². The zero-order valence-corrected chi connectivity index (χ0v) is 13.7. The van der Waals surface area contributed by atoms with E-state index in [0.717, 1.165) is 4.90 Å². The van der Waals surface area contributed by atoms with Crippen LogP contribution in [0, 0.1) is 0 Å². The topological polar surface area (TPSA) is 72.5 Å². The fourth-order valence-corrected chi connectivity index (χ4v) is 3.25. The smallest absolute Gasteiger partial charge is 0.337 e. The monoisotopic (exact) mass is 337 g/mol. The summed E-state index contributed by atoms with van der Waals surface area (Å²) in [5.41, 5.74) is 0.581. The first-order chi connectivity index (χ1) is 10.5. The van der Waals surface area contributed by atoms with Crippen LogP contribution in [0.2, 0.25) is 0 Å². The van der Waals surface area contributed by atoms with Crippen LogP contribution in [0.1, 0.15) is 10.4 Å². The van der Waals surface area contributed by atoms with Crippen molar-refractivity contribution in [2.24, 2.45) is 0 Å². The molecule has 0 radical (unpaired) electrons. The second kappa shape index (κ2) is 6.85. The van der Waals surface area contributed by atoms with Crippen LogP contribution in [-0.4, -0.2) is 27.8 Å². The molecule has 22 heavy (non-hydrogen) atoms. The summed E-state index contributed by atoms with van der Waals surface area (Å²) in [6.45, 7) is 0. The van der Waals surface area contributed by atoms with E-state index in [-0.39, 0.29) is 10.5 Å². The van der Waals surface area contributed by atoms with E-state index in [1.165, 1.54) is 24.9 Å². The number of esters is 1. The van der Waals surface area contributed by atoms with E-state index in [4.69, 9.17) is 0 Å². The van der Waals surface area contributed by atoms with Crippen LogP contribution >= 0.6 is 11.8 Å². The lowest BCUT2D eigenvalue weighted by atomic mass is 10.2. The second-order valence-corrected chi connectivity index (χ2v) is 6.92. The first kappa shape index (κ1) is 16.4. The minimum Gasteiger partial charge on any atom is -0.465 e. The maximum absolute atomic E-state index is 12.3. The van der Waals surface area contributed by atoms with E-state index in [1.54, 1.807) is 42.5 Å². The maximum atomic E-state index is 12.3. The van der Waals surface area contributed by atoms with Gasteiger partial charge in [-0.2, -0.15) is 0 Å². The van der Waals surface area contributed by atoms with Crippen LogP contribution in [0.4, 0.5) is 5.69 Å². The highest BCUT2D eigenvalue weighted by molar-refractivity contribution is 7.98. The van der Waals surface area contributed by atoms with Crippen LogP contribution in [0.3, 0.4) is 0 Å². The van der Waals surface area contributed by atoms with E-state index >= 15 is 0 Å². The first-order valence-electron chi connectivity index (χ1n) is 6.31. The Morgan fingerprint density at radius 1 is 1.14 bits per heavy atom. The Kier molecular flexibility index (Phi) is 5.10. The standard InChI is InChI=1S/C15H15NO4S2/c1-20-15(17)11-4-3-5-12(10-11)16-22(18,19)14-8-6-13(21-2)7-9-14/h3-10,16H,1-2H3. The number of nitrogens with one attached hydrogen (secondary N) is 1. The summed E-state index contributed by atoms with van der Waals surface area (Å²) in [7, 11) is -2.43. The Labute approximate surface area is 133 Å². The Bertz CT molecular complexity index is 770. The molecule has 0 saturated heterocycles. The summed E-state index contributed by atoms with van der Waals surface area (Å²) in [5.74, 6) is -0.523. The van der Waals surface area contributed by atoms with Crippen molar-refractivity contribution >= 4 is 33.4 Å². The van der Waals surface area contributed by atoms with Crippen LogP contribution in [0.5, 0.6) is 0 Å². The summed E-state index contributed by atoms with van der Waals surface area (Å²) < 4.78 is 31.7. The van der Waals surface area contributed by atoms with E-state index in [9.17, 15) is 13.2 Å². The number of thioether (sulfide) groups is 1. The molecule has 116 valence electrons. The molecule has 0 amide bonds. The molecule has 2 aromatic rings. The van der Waals surface area contributed by atoms with E-state index in [1.807, 2.05) is 6.26 Å². The van der Waals surface area contributed by atoms with Gasteiger partial charge >= 0.3 is 5.97 Å². The quantitative estimate of drug-likeness (QED) is 0.671. The Balaban J connectivity index is 2.26. The molecule has 0 aliphatic rings. The molecular formula is C15H15NO4S2. The Morgan fingerprint density at radius 2 is 1.82 bits per heavy atom. The maximum Gasteiger partial charge on any atom is 0.337 e. The lowest BCUT2D eigenvalue weighted by molar-refractivity contribution is 0.0601. The molecular weight excluding hydrogens is 322 g/mol. The summed E-state index contributed by atoms with van der Waals surface area (Å²) in [6.07, 6.45) is 1.92. The number of hydrogen-bond donors (Lipinski definition) is 1. The molecule has 1 N–H and O–H groups in total. The third-order valence-corrected chi connectivity index (χ3v) is 5.05. The van der Waals surface area contributed by atoms with E-state index in [2.05, 4.69) is 9.46 Å². The molecule has 0 unspecified atom stereocenters. The fraction of sp³-hybridized carbons (Fsp3) is 0.133. The fourth-order valence-electron chi connectivity index (χ4n) is 1.80. The molecule has 2 rings (SSSR count). The predicted molar refractivity (Wildman–Crippen MR) is 86.8 cm³/mol. The van der Waals surface area contributed by atoms with Gasteiger partial charge in [0, 0.05) is 10.6 Å². The average Bonchev–Trinajstić information content (AvgIpc) is 2.54. The van der Waals surface area contributed by atoms with Gasteiger partial charge in [0.15, 0.2) is 0 Å². The van der Waals surface area contributed by atoms with Gasteiger partial charge in [-0.05, 0) is 48.7 Å². The number of rotatable bonds is 5. The number of anilines is 1. The number of benzene rings is 2. The van der Waals surface area contributed by atoms with Crippen LogP contribution in [-0.2, 0) is 14.8 Å². The average molecular weight is 337 g/mol. The molecule has 0 heterocycles. The van der Waals surface area contributed by atoms with Gasteiger partial charge in [0.25, 0.3) is 10.0 Å². The number of sulfonamides is 1. The van der Waals surface area contributed by atoms with Gasteiger partial charge in [-0.3, -0.25) is 4.72 Å².